The average Bonchev–Trinajstić information content (AvgIpc) is 3.41. The van der Waals surface area contributed by atoms with Crippen LogP contribution in [0.15, 0.2) is 60.7 Å². The lowest BCUT2D eigenvalue weighted by Crippen LogP contribution is -2.27. The second-order valence-electron chi connectivity index (χ2n) is 9.31. The zero-order valence-corrected chi connectivity index (χ0v) is 17.8. The van der Waals surface area contributed by atoms with Gasteiger partial charge >= 0.3 is 0 Å². The molecule has 1 aliphatic carbocycles. The Morgan fingerprint density at radius 1 is 0.967 bits per heavy atom. The molecule has 2 heterocycles. The standard InChI is InChI=1S/C25H27N5/c1-25(2,3)20-12-13-22-19(14-20)16-23(17-8-5-4-6-9-17)30(22)21-11-7-10-18(15-21)24-26-28-29-27-24/h4-11,15-16,20H,12-14H2,1-3H3,(H,26,27,28,29). The molecule has 5 nitrogen and oxygen atoms in total. The minimum atomic E-state index is 0.325. The van der Waals surface area contributed by atoms with Crippen molar-refractivity contribution < 1.29 is 0 Å². The first-order valence-electron chi connectivity index (χ1n) is 10.6. The topological polar surface area (TPSA) is 59.4 Å². The number of H-pyrrole nitrogens is 1. The van der Waals surface area contributed by atoms with Crippen LogP contribution in [0.4, 0.5) is 0 Å². The van der Waals surface area contributed by atoms with E-state index in [1.54, 1.807) is 0 Å². The summed E-state index contributed by atoms with van der Waals surface area (Å²) >= 11 is 0. The van der Waals surface area contributed by atoms with Gasteiger partial charge in [0.25, 0.3) is 0 Å². The molecule has 0 saturated carbocycles. The van der Waals surface area contributed by atoms with Crippen LogP contribution in [0.5, 0.6) is 0 Å². The monoisotopic (exact) mass is 397 g/mol. The molecule has 152 valence electrons. The number of hydrogen-bond acceptors (Lipinski definition) is 3. The van der Waals surface area contributed by atoms with E-state index >= 15 is 0 Å². The minimum absolute atomic E-state index is 0.325. The quantitative estimate of drug-likeness (QED) is 0.498. The molecule has 1 unspecified atom stereocenters. The second kappa shape index (κ2) is 7.24. The average molecular weight is 398 g/mol. The van der Waals surface area contributed by atoms with E-state index in [4.69, 9.17) is 0 Å². The van der Waals surface area contributed by atoms with E-state index in [0.717, 1.165) is 24.1 Å². The van der Waals surface area contributed by atoms with Crippen LogP contribution in [0.25, 0.3) is 28.3 Å². The highest BCUT2D eigenvalue weighted by Crippen LogP contribution is 2.41. The smallest absolute Gasteiger partial charge is 0.179 e. The highest BCUT2D eigenvalue weighted by atomic mass is 15.5. The van der Waals surface area contributed by atoms with Gasteiger partial charge in [-0.05, 0) is 70.3 Å². The first-order valence-corrected chi connectivity index (χ1v) is 10.6. The summed E-state index contributed by atoms with van der Waals surface area (Å²) in [6.45, 7) is 7.10. The van der Waals surface area contributed by atoms with Crippen LogP contribution in [0, 0.1) is 11.3 Å². The molecule has 0 bridgehead atoms. The summed E-state index contributed by atoms with van der Waals surface area (Å²) in [4.78, 5) is 0. The molecule has 0 saturated heterocycles. The van der Waals surface area contributed by atoms with Gasteiger partial charge in [0.1, 0.15) is 0 Å². The number of hydrogen-bond donors (Lipinski definition) is 1. The molecule has 0 radical (unpaired) electrons. The predicted molar refractivity (Wildman–Crippen MR) is 119 cm³/mol. The highest BCUT2D eigenvalue weighted by molar-refractivity contribution is 5.68. The van der Waals surface area contributed by atoms with Crippen molar-refractivity contribution in [3.63, 3.8) is 0 Å². The molecular formula is C25H27N5. The lowest BCUT2D eigenvalue weighted by molar-refractivity contribution is 0.215. The molecule has 4 aromatic rings. The first kappa shape index (κ1) is 18.8. The van der Waals surface area contributed by atoms with Gasteiger partial charge < -0.3 is 4.57 Å². The maximum atomic E-state index is 4.09. The van der Waals surface area contributed by atoms with Crippen molar-refractivity contribution in [3.8, 4) is 28.3 Å². The SMILES string of the molecule is CC(C)(C)C1CCc2c(cc(-c3ccccc3)n2-c2cccc(-c3nnn[nH]3)c2)C1. The number of tetrazole rings is 1. The van der Waals surface area contributed by atoms with Gasteiger partial charge in [0, 0.05) is 16.9 Å². The molecule has 0 spiro atoms. The van der Waals surface area contributed by atoms with Crippen LogP contribution < -0.4 is 0 Å². The molecule has 2 aromatic carbocycles. The van der Waals surface area contributed by atoms with E-state index in [1.165, 1.54) is 28.9 Å². The highest BCUT2D eigenvalue weighted by Gasteiger charge is 2.31. The van der Waals surface area contributed by atoms with E-state index in [-0.39, 0.29) is 0 Å². The van der Waals surface area contributed by atoms with E-state index in [1.807, 2.05) is 6.07 Å². The van der Waals surface area contributed by atoms with Crippen molar-refractivity contribution in [2.45, 2.75) is 40.0 Å². The fourth-order valence-electron chi connectivity index (χ4n) is 4.66. The van der Waals surface area contributed by atoms with Gasteiger partial charge in [-0.1, -0.05) is 63.2 Å². The number of nitrogens with zero attached hydrogens (tertiary/aromatic N) is 4. The summed E-state index contributed by atoms with van der Waals surface area (Å²) in [6, 6.07) is 21.6. The van der Waals surface area contributed by atoms with Crippen LogP contribution in [0.3, 0.4) is 0 Å². The van der Waals surface area contributed by atoms with Gasteiger partial charge in [-0.2, -0.15) is 0 Å². The molecular weight excluding hydrogens is 370 g/mol. The molecule has 1 atom stereocenters. The number of aromatic nitrogens is 5. The summed E-state index contributed by atoms with van der Waals surface area (Å²) < 4.78 is 2.44. The number of rotatable bonds is 3. The van der Waals surface area contributed by atoms with Crippen LogP contribution in [-0.2, 0) is 12.8 Å². The zero-order valence-electron chi connectivity index (χ0n) is 17.8. The van der Waals surface area contributed by atoms with Crippen molar-refractivity contribution >= 4 is 0 Å². The van der Waals surface area contributed by atoms with Crippen LogP contribution in [0.2, 0.25) is 0 Å². The first-order chi connectivity index (χ1) is 14.5. The molecule has 0 aliphatic heterocycles. The van der Waals surface area contributed by atoms with Gasteiger partial charge in [0.2, 0.25) is 0 Å². The summed E-state index contributed by atoms with van der Waals surface area (Å²) in [5, 5.41) is 14.4. The zero-order chi connectivity index (χ0) is 20.7. The van der Waals surface area contributed by atoms with Gasteiger partial charge in [0.05, 0.1) is 5.69 Å². The number of benzene rings is 2. The van der Waals surface area contributed by atoms with Crippen LogP contribution in [-0.4, -0.2) is 25.2 Å². The molecule has 1 aliphatic rings. The molecule has 0 fully saturated rings. The molecule has 0 amide bonds. The molecule has 5 rings (SSSR count). The van der Waals surface area contributed by atoms with Gasteiger partial charge in [-0.15, -0.1) is 5.10 Å². The fourth-order valence-corrected chi connectivity index (χ4v) is 4.66. The van der Waals surface area contributed by atoms with E-state index < -0.39 is 0 Å². The van der Waals surface area contributed by atoms with Crippen molar-refractivity contribution in [2.24, 2.45) is 11.3 Å². The Hall–Kier alpha value is -3.21. The van der Waals surface area contributed by atoms with Crippen molar-refractivity contribution in [1.29, 1.82) is 0 Å². The van der Waals surface area contributed by atoms with Crippen molar-refractivity contribution in [3.05, 3.63) is 71.9 Å². The molecule has 2 aromatic heterocycles. The normalized spacial score (nSPS) is 16.4. The van der Waals surface area contributed by atoms with Gasteiger partial charge in [0.15, 0.2) is 5.82 Å². The lowest BCUT2D eigenvalue weighted by Gasteiger charge is -2.34. The fraction of sp³-hybridized carbons (Fsp3) is 0.320. The molecule has 5 heteroatoms. The number of aromatic amines is 1. The number of fused-ring (bicyclic) bond motifs is 1. The Bertz CT molecular complexity index is 1150. The molecule has 30 heavy (non-hydrogen) atoms. The Balaban J connectivity index is 1.66. The third-order valence-electron chi connectivity index (χ3n) is 6.41. The van der Waals surface area contributed by atoms with E-state index in [9.17, 15) is 0 Å². The van der Waals surface area contributed by atoms with Crippen LogP contribution in [0.1, 0.15) is 38.4 Å². The summed E-state index contributed by atoms with van der Waals surface area (Å²) in [5.74, 6) is 1.39. The largest absolute Gasteiger partial charge is 0.313 e. The summed E-state index contributed by atoms with van der Waals surface area (Å²) in [6.07, 6.45) is 3.45. The van der Waals surface area contributed by atoms with E-state index in [2.05, 4.69) is 101 Å². The minimum Gasteiger partial charge on any atom is -0.313 e. The van der Waals surface area contributed by atoms with Crippen molar-refractivity contribution in [2.75, 3.05) is 0 Å². The second-order valence-corrected chi connectivity index (χ2v) is 9.31. The maximum absolute atomic E-state index is 4.09. The Morgan fingerprint density at radius 3 is 2.50 bits per heavy atom. The number of nitrogens with one attached hydrogen (secondary N) is 1. The Morgan fingerprint density at radius 2 is 1.77 bits per heavy atom. The Kier molecular flexibility index (Phi) is 4.54. The summed E-state index contributed by atoms with van der Waals surface area (Å²) in [5.41, 5.74) is 7.87. The lowest BCUT2D eigenvalue weighted by atomic mass is 9.72. The third kappa shape index (κ3) is 3.34. The maximum Gasteiger partial charge on any atom is 0.179 e. The van der Waals surface area contributed by atoms with Gasteiger partial charge in [-0.3, -0.25) is 0 Å². The molecule has 1 N–H and O–H groups in total. The third-order valence-corrected chi connectivity index (χ3v) is 6.41. The summed E-state index contributed by atoms with van der Waals surface area (Å²) in [7, 11) is 0. The van der Waals surface area contributed by atoms with Crippen LogP contribution >= 0.6 is 0 Å². The predicted octanol–water partition coefficient (Wildman–Crippen LogP) is 5.48. The Labute approximate surface area is 177 Å². The van der Waals surface area contributed by atoms with Crippen molar-refractivity contribution in [1.82, 2.24) is 25.2 Å². The van der Waals surface area contributed by atoms with Gasteiger partial charge in [-0.25, -0.2) is 5.10 Å². The van der Waals surface area contributed by atoms with E-state index in [0.29, 0.717) is 17.2 Å².